The quantitative estimate of drug-likeness (QED) is 0.710. The van der Waals surface area contributed by atoms with Gasteiger partial charge in [-0.3, -0.25) is 4.79 Å². The highest BCUT2D eigenvalue weighted by Crippen LogP contribution is 2.16. The second kappa shape index (κ2) is 7.73. The molecule has 1 heterocycles. The Morgan fingerprint density at radius 2 is 2.16 bits per heavy atom. The summed E-state index contributed by atoms with van der Waals surface area (Å²) in [4.78, 5) is 26.2. The first-order valence-electron chi connectivity index (χ1n) is 6.14. The summed E-state index contributed by atoms with van der Waals surface area (Å²) in [6, 6.07) is -0.277. The fourth-order valence-electron chi connectivity index (χ4n) is 1.40. The summed E-state index contributed by atoms with van der Waals surface area (Å²) in [5.41, 5.74) is 0. The number of nitrogens with one attached hydrogen (secondary N) is 2. The third-order valence-corrected chi connectivity index (χ3v) is 3.73. The highest BCUT2D eigenvalue weighted by molar-refractivity contribution is 7.09. The van der Waals surface area contributed by atoms with E-state index < -0.39 is 11.9 Å². The Labute approximate surface area is 116 Å². The summed E-state index contributed by atoms with van der Waals surface area (Å²) in [5, 5.41) is 17.0. The van der Waals surface area contributed by atoms with Crippen LogP contribution in [0.2, 0.25) is 0 Å². The van der Waals surface area contributed by atoms with Gasteiger partial charge < -0.3 is 15.7 Å². The predicted octanol–water partition coefficient (Wildman–Crippen LogP) is 1.66. The fourth-order valence-corrected chi connectivity index (χ4v) is 2.10. The van der Waals surface area contributed by atoms with Crippen molar-refractivity contribution in [2.75, 3.05) is 13.1 Å². The first kappa shape index (κ1) is 15.4. The summed E-state index contributed by atoms with van der Waals surface area (Å²) in [6.07, 6.45) is 2.16. The molecule has 0 saturated heterocycles. The molecular formula is C12H19N3O3S. The van der Waals surface area contributed by atoms with Crippen molar-refractivity contribution in [1.29, 1.82) is 0 Å². The molecule has 2 unspecified atom stereocenters. The number of nitrogens with zero attached hydrogens (tertiary/aromatic N) is 1. The van der Waals surface area contributed by atoms with Gasteiger partial charge in [-0.25, -0.2) is 9.78 Å². The van der Waals surface area contributed by atoms with Gasteiger partial charge in [-0.15, -0.1) is 11.3 Å². The molecule has 19 heavy (non-hydrogen) atoms. The van der Waals surface area contributed by atoms with Crippen molar-refractivity contribution in [2.45, 2.75) is 26.2 Å². The molecule has 0 aliphatic heterocycles. The number of thiazole rings is 1. The molecule has 7 heteroatoms. The molecule has 1 rings (SSSR count). The SMILES string of the molecule is CC(CCNC(=O)NCC(C)c1nccs1)C(=O)O. The Bertz CT molecular complexity index is 408. The molecule has 6 nitrogen and oxygen atoms in total. The predicted molar refractivity (Wildman–Crippen MR) is 73.3 cm³/mol. The van der Waals surface area contributed by atoms with Crippen molar-refractivity contribution in [3.63, 3.8) is 0 Å². The van der Waals surface area contributed by atoms with Crippen molar-refractivity contribution in [2.24, 2.45) is 5.92 Å². The van der Waals surface area contributed by atoms with E-state index in [1.54, 1.807) is 24.5 Å². The number of carbonyl (C=O) groups is 2. The van der Waals surface area contributed by atoms with Crippen LogP contribution in [0.25, 0.3) is 0 Å². The topological polar surface area (TPSA) is 91.3 Å². The van der Waals surface area contributed by atoms with E-state index in [9.17, 15) is 9.59 Å². The zero-order chi connectivity index (χ0) is 14.3. The third kappa shape index (κ3) is 5.69. The Morgan fingerprint density at radius 3 is 2.74 bits per heavy atom. The smallest absolute Gasteiger partial charge is 0.314 e. The van der Waals surface area contributed by atoms with E-state index in [1.165, 1.54) is 0 Å². The number of rotatable bonds is 7. The average Bonchev–Trinajstić information content (AvgIpc) is 2.89. The van der Waals surface area contributed by atoms with Crippen molar-refractivity contribution in [3.8, 4) is 0 Å². The van der Waals surface area contributed by atoms with Crippen molar-refractivity contribution < 1.29 is 14.7 Å². The fraction of sp³-hybridized carbons (Fsp3) is 0.583. The van der Waals surface area contributed by atoms with Gasteiger partial charge in [-0.1, -0.05) is 13.8 Å². The molecule has 1 aromatic rings. The van der Waals surface area contributed by atoms with Crippen LogP contribution in [-0.4, -0.2) is 35.2 Å². The maximum Gasteiger partial charge on any atom is 0.314 e. The van der Waals surface area contributed by atoms with Crippen LogP contribution in [0, 0.1) is 5.92 Å². The van der Waals surface area contributed by atoms with E-state index >= 15 is 0 Å². The normalized spacial score (nSPS) is 13.6. The molecule has 2 amide bonds. The number of hydrogen-bond acceptors (Lipinski definition) is 4. The number of aliphatic carboxylic acids is 1. The standard InChI is InChI=1S/C12H19N3O3S/c1-8(11(16)17)3-4-14-12(18)15-7-9(2)10-13-5-6-19-10/h5-6,8-9H,3-4,7H2,1-2H3,(H,16,17)(H2,14,15,18). The molecule has 0 aliphatic carbocycles. The zero-order valence-corrected chi connectivity index (χ0v) is 11.9. The van der Waals surface area contributed by atoms with Gasteiger partial charge in [0, 0.05) is 30.6 Å². The van der Waals surface area contributed by atoms with Crippen molar-refractivity contribution >= 4 is 23.3 Å². The summed E-state index contributed by atoms with van der Waals surface area (Å²) in [7, 11) is 0. The minimum atomic E-state index is -0.848. The molecule has 3 N–H and O–H groups in total. The van der Waals surface area contributed by atoms with E-state index in [1.807, 2.05) is 12.3 Å². The number of urea groups is 1. The molecular weight excluding hydrogens is 266 g/mol. The summed E-state index contributed by atoms with van der Waals surface area (Å²) in [6.45, 7) is 4.47. The molecule has 0 fully saturated rings. The first-order valence-corrected chi connectivity index (χ1v) is 7.02. The molecule has 1 aromatic heterocycles. The molecule has 0 radical (unpaired) electrons. The lowest BCUT2D eigenvalue weighted by molar-refractivity contribution is -0.141. The molecule has 2 atom stereocenters. The molecule has 0 bridgehead atoms. The largest absolute Gasteiger partial charge is 0.481 e. The van der Waals surface area contributed by atoms with Crippen LogP contribution in [0.3, 0.4) is 0 Å². The number of hydrogen-bond donors (Lipinski definition) is 3. The lowest BCUT2D eigenvalue weighted by Crippen LogP contribution is -2.38. The van der Waals surface area contributed by atoms with E-state index in [0.717, 1.165) is 5.01 Å². The maximum atomic E-state index is 11.5. The summed E-state index contributed by atoms with van der Waals surface area (Å²) < 4.78 is 0. The Kier molecular flexibility index (Phi) is 6.27. The Balaban J connectivity index is 2.16. The molecule has 106 valence electrons. The number of aromatic nitrogens is 1. The number of carbonyl (C=O) groups excluding carboxylic acids is 1. The van der Waals surface area contributed by atoms with Crippen LogP contribution < -0.4 is 10.6 Å². The zero-order valence-electron chi connectivity index (χ0n) is 11.0. The minimum absolute atomic E-state index is 0.170. The average molecular weight is 285 g/mol. The molecule has 0 saturated carbocycles. The molecule has 0 aliphatic rings. The van der Waals surface area contributed by atoms with E-state index in [0.29, 0.717) is 19.5 Å². The van der Waals surface area contributed by atoms with Crippen LogP contribution in [0.5, 0.6) is 0 Å². The monoisotopic (exact) mass is 285 g/mol. The second-order valence-corrected chi connectivity index (χ2v) is 5.36. The minimum Gasteiger partial charge on any atom is -0.481 e. The van der Waals surface area contributed by atoms with Gasteiger partial charge in [0.15, 0.2) is 0 Å². The van der Waals surface area contributed by atoms with E-state index in [4.69, 9.17) is 5.11 Å². The molecule has 0 aromatic carbocycles. The van der Waals surface area contributed by atoms with Gasteiger partial charge in [0.25, 0.3) is 0 Å². The number of amides is 2. The van der Waals surface area contributed by atoms with Gasteiger partial charge in [0.2, 0.25) is 0 Å². The molecule has 0 spiro atoms. The Morgan fingerprint density at radius 1 is 1.42 bits per heavy atom. The van der Waals surface area contributed by atoms with Crippen molar-refractivity contribution in [1.82, 2.24) is 15.6 Å². The van der Waals surface area contributed by atoms with Crippen LogP contribution in [0.15, 0.2) is 11.6 Å². The highest BCUT2D eigenvalue weighted by atomic mass is 32.1. The number of carboxylic acids is 1. The summed E-state index contributed by atoms with van der Waals surface area (Å²) >= 11 is 1.56. The van der Waals surface area contributed by atoms with Gasteiger partial charge in [-0.2, -0.15) is 0 Å². The lowest BCUT2D eigenvalue weighted by atomic mass is 10.1. The van der Waals surface area contributed by atoms with Crippen LogP contribution in [0.1, 0.15) is 31.2 Å². The maximum absolute atomic E-state index is 11.5. The number of carboxylic acid groups (broad SMARTS) is 1. The Hall–Kier alpha value is -1.63. The third-order valence-electron chi connectivity index (χ3n) is 2.73. The van der Waals surface area contributed by atoms with E-state index in [2.05, 4.69) is 15.6 Å². The van der Waals surface area contributed by atoms with Crippen LogP contribution in [-0.2, 0) is 4.79 Å². The first-order chi connectivity index (χ1) is 9.00. The van der Waals surface area contributed by atoms with Crippen LogP contribution >= 0.6 is 11.3 Å². The second-order valence-electron chi connectivity index (χ2n) is 4.44. The van der Waals surface area contributed by atoms with E-state index in [-0.39, 0.29) is 11.9 Å². The van der Waals surface area contributed by atoms with Gasteiger partial charge in [-0.05, 0) is 6.42 Å². The summed E-state index contributed by atoms with van der Waals surface area (Å²) in [5.74, 6) is -1.13. The lowest BCUT2D eigenvalue weighted by Gasteiger charge is -2.12. The highest BCUT2D eigenvalue weighted by Gasteiger charge is 2.12. The van der Waals surface area contributed by atoms with Gasteiger partial charge >= 0.3 is 12.0 Å². The van der Waals surface area contributed by atoms with Gasteiger partial charge in [0.05, 0.1) is 10.9 Å². The van der Waals surface area contributed by atoms with Crippen LogP contribution in [0.4, 0.5) is 4.79 Å². The van der Waals surface area contributed by atoms with Gasteiger partial charge in [0.1, 0.15) is 0 Å². The van der Waals surface area contributed by atoms with Crippen molar-refractivity contribution in [3.05, 3.63) is 16.6 Å².